The molecule has 1 amide bonds. The maximum atomic E-state index is 12.2. The topological polar surface area (TPSA) is 55.4 Å². The zero-order valence-corrected chi connectivity index (χ0v) is 15.7. The highest BCUT2D eigenvalue weighted by Crippen LogP contribution is 2.26. The zero-order valence-electron chi connectivity index (χ0n) is 13.4. The molecule has 0 saturated carbocycles. The summed E-state index contributed by atoms with van der Waals surface area (Å²) in [6.07, 6.45) is 1.44. The van der Waals surface area contributed by atoms with Gasteiger partial charge in [-0.05, 0) is 54.8 Å². The number of halogens is 2. The molecule has 0 atom stereocenters. The number of ether oxygens (including phenoxy) is 1. The van der Waals surface area contributed by atoms with Gasteiger partial charge in [0.05, 0.1) is 5.56 Å². The first kappa shape index (κ1) is 18.5. The quantitative estimate of drug-likeness (QED) is 0.696. The predicted octanol–water partition coefficient (Wildman–Crippen LogP) is 4.80. The number of nitrogens with one attached hydrogen (secondary N) is 1. The highest BCUT2D eigenvalue weighted by atomic mass is 79.9. The van der Waals surface area contributed by atoms with Crippen molar-refractivity contribution >= 4 is 45.4 Å². The van der Waals surface area contributed by atoms with Gasteiger partial charge >= 0.3 is 0 Å². The second kappa shape index (κ2) is 8.31. The van der Waals surface area contributed by atoms with E-state index in [1.54, 1.807) is 12.1 Å². The Morgan fingerprint density at radius 3 is 2.75 bits per heavy atom. The molecule has 0 heterocycles. The normalized spacial score (nSPS) is 10.3. The number of benzene rings is 2. The van der Waals surface area contributed by atoms with Gasteiger partial charge in [0.25, 0.3) is 5.91 Å². The minimum absolute atomic E-state index is 0.193. The summed E-state index contributed by atoms with van der Waals surface area (Å²) in [6, 6.07) is 8.60. The minimum atomic E-state index is -0.290. The van der Waals surface area contributed by atoms with Crippen molar-refractivity contribution in [3.05, 3.63) is 56.5 Å². The second-order valence-electron chi connectivity index (χ2n) is 5.25. The predicted molar refractivity (Wildman–Crippen MR) is 99.2 cm³/mol. The molecule has 1 N–H and O–H groups in total. The van der Waals surface area contributed by atoms with Gasteiger partial charge in [-0.15, -0.1) is 0 Å². The van der Waals surface area contributed by atoms with E-state index in [0.29, 0.717) is 22.6 Å². The highest BCUT2D eigenvalue weighted by Gasteiger charge is 2.12. The summed E-state index contributed by atoms with van der Waals surface area (Å²) in [7, 11) is 0. The summed E-state index contributed by atoms with van der Waals surface area (Å²) < 4.78 is 6.42. The van der Waals surface area contributed by atoms with Crippen LogP contribution in [-0.2, 0) is 11.2 Å². The Labute approximate surface area is 154 Å². The van der Waals surface area contributed by atoms with Crippen LogP contribution in [0.15, 0.2) is 34.8 Å². The van der Waals surface area contributed by atoms with Crippen molar-refractivity contribution in [1.29, 1.82) is 0 Å². The van der Waals surface area contributed by atoms with Gasteiger partial charge in [0.15, 0.2) is 12.9 Å². The number of anilines is 1. The first-order valence-corrected chi connectivity index (χ1v) is 8.58. The van der Waals surface area contributed by atoms with Crippen molar-refractivity contribution in [3.63, 3.8) is 0 Å². The van der Waals surface area contributed by atoms with E-state index in [1.165, 1.54) is 6.07 Å². The largest absolute Gasteiger partial charge is 0.483 e. The van der Waals surface area contributed by atoms with Crippen LogP contribution in [0.25, 0.3) is 0 Å². The van der Waals surface area contributed by atoms with Crippen molar-refractivity contribution < 1.29 is 14.3 Å². The average molecular weight is 411 g/mol. The smallest absolute Gasteiger partial charge is 0.262 e. The molecular weight excluding hydrogens is 394 g/mol. The van der Waals surface area contributed by atoms with Gasteiger partial charge in [-0.2, -0.15) is 0 Å². The molecule has 2 aromatic carbocycles. The molecule has 0 saturated heterocycles. The van der Waals surface area contributed by atoms with E-state index in [2.05, 4.69) is 21.2 Å². The Morgan fingerprint density at radius 2 is 2.08 bits per heavy atom. The Kier molecular flexibility index (Phi) is 6.40. The van der Waals surface area contributed by atoms with Crippen molar-refractivity contribution in [3.8, 4) is 5.75 Å². The first-order chi connectivity index (χ1) is 11.4. The van der Waals surface area contributed by atoms with Crippen LogP contribution in [0.3, 0.4) is 0 Å². The molecule has 0 aliphatic rings. The Balaban J connectivity index is 2.08. The number of hydrogen-bond donors (Lipinski definition) is 1. The molecular formula is C18H17BrClNO3. The van der Waals surface area contributed by atoms with Crippen LogP contribution in [0, 0.1) is 6.92 Å². The van der Waals surface area contributed by atoms with Gasteiger partial charge in [-0.3, -0.25) is 9.59 Å². The van der Waals surface area contributed by atoms with Crippen molar-refractivity contribution in [1.82, 2.24) is 0 Å². The molecule has 0 spiro atoms. The first-order valence-electron chi connectivity index (χ1n) is 7.41. The lowest BCUT2D eigenvalue weighted by atomic mass is 10.1. The van der Waals surface area contributed by atoms with Gasteiger partial charge in [0.1, 0.15) is 5.75 Å². The van der Waals surface area contributed by atoms with E-state index in [4.69, 9.17) is 16.3 Å². The van der Waals surface area contributed by atoms with Crippen LogP contribution in [0.4, 0.5) is 5.69 Å². The second-order valence-corrected chi connectivity index (χ2v) is 6.60. The molecule has 0 aromatic heterocycles. The molecule has 0 fully saturated rings. The molecule has 126 valence electrons. The maximum absolute atomic E-state index is 12.2. The number of amides is 1. The van der Waals surface area contributed by atoms with Gasteiger partial charge in [0, 0.05) is 15.2 Å². The van der Waals surface area contributed by atoms with Crippen LogP contribution in [0.1, 0.15) is 28.4 Å². The maximum Gasteiger partial charge on any atom is 0.262 e. The van der Waals surface area contributed by atoms with Crippen LogP contribution in [-0.4, -0.2) is 18.8 Å². The summed E-state index contributed by atoms with van der Waals surface area (Å²) in [5.74, 6) is 0.0368. The fraction of sp³-hybridized carbons (Fsp3) is 0.222. The molecule has 0 aliphatic heterocycles. The molecule has 6 heteroatoms. The summed E-state index contributed by atoms with van der Waals surface area (Å²) in [5, 5.41) is 3.31. The molecule has 2 rings (SSSR count). The average Bonchev–Trinajstić information content (AvgIpc) is 2.55. The van der Waals surface area contributed by atoms with Crippen LogP contribution in [0.2, 0.25) is 5.02 Å². The molecule has 0 unspecified atom stereocenters. The van der Waals surface area contributed by atoms with E-state index in [1.807, 2.05) is 26.0 Å². The van der Waals surface area contributed by atoms with Crippen LogP contribution >= 0.6 is 27.5 Å². The highest BCUT2D eigenvalue weighted by molar-refractivity contribution is 9.10. The molecule has 24 heavy (non-hydrogen) atoms. The van der Waals surface area contributed by atoms with Crippen LogP contribution in [0.5, 0.6) is 5.75 Å². The molecule has 4 nitrogen and oxygen atoms in total. The molecule has 0 aliphatic carbocycles. The minimum Gasteiger partial charge on any atom is -0.483 e. The van der Waals surface area contributed by atoms with E-state index < -0.39 is 0 Å². The van der Waals surface area contributed by atoms with Crippen molar-refractivity contribution in [2.45, 2.75) is 20.3 Å². The number of hydrogen-bond acceptors (Lipinski definition) is 3. The number of aldehydes is 1. The van der Waals surface area contributed by atoms with E-state index >= 15 is 0 Å². The summed E-state index contributed by atoms with van der Waals surface area (Å²) in [5.41, 5.74) is 3.11. The molecule has 0 radical (unpaired) electrons. The third-order valence-electron chi connectivity index (χ3n) is 3.48. The van der Waals surface area contributed by atoms with Gasteiger partial charge in [-0.25, -0.2) is 0 Å². The van der Waals surface area contributed by atoms with Gasteiger partial charge in [0.2, 0.25) is 0 Å². The standard InChI is InChI=1S/C18H17BrClNO3/c1-3-12-7-14(19)6-11(2)18(12)21-17(23)10-24-16-5-4-15(20)8-13(16)9-22/h4-9H,3,10H2,1-2H3,(H,21,23). The van der Waals surface area contributed by atoms with Gasteiger partial charge < -0.3 is 10.1 Å². The van der Waals surface area contributed by atoms with E-state index in [9.17, 15) is 9.59 Å². The number of aryl methyl sites for hydroxylation is 2. The third kappa shape index (κ3) is 4.58. The number of rotatable bonds is 6. The van der Waals surface area contributed by atoms with Crippen LogP contribution < -0.4 is 10.1 Å². The number of carbonyl (C=O) groups excluding carboxylic acids is 2. The van der Waals surface area contributed by atoms with Gasteiger partial charge in [-0.1, -0.05) is 34.5 Å². The summed E-state index contributed by atoms with van der Waals surface area (Å²) in [4.78, 5) is 23.2. The monoisotopic (exact) mass is 409 g/mol. The Hall–Kier alpha value is -1.85. The van der Waals surface area contributed by atoms with Crippen molar-refractivity contribution in [2.24, 2.45) is 0 Å². The lowest BCUT2D eigenvalue weighted by molar-refractivity contribution is -0.118. The van der Waals surface area contributed by atoms with E-state index in [-0.39, 0.29) is 12.5 Å². The lowest BCUT2D eigenvalue weighted by Gasteiger charge is -2.14. The number of carbonyl (C=O) groups is 2. The SMILES string of the molecule is CCc1cc(Br)cc(C)c1NC(=O)COc1ccc(Cl)cc1C=O. The van der Waals surface area contributed by atoms with E-state index in [0.717, 1.165) is 27.7 Å². The Bertz CT molecular complexity index is 777. The fourth-order valence-corrected chi connectivity index (χ4v) is 3.13. The fourth-order valence-electron chi connectivity index (χ4n) is 2.33. The lowest BCUT2D eigenvalue weighted by Crippen LogP contribution is -2.21. The Morgan fingerprint density at radius 1 is 1.33 bits per heavy atom. The summed E-state index contributed by atoms with van der Waals surface area (Å²) >= 11 is 9.29. The third-order valence-corrected chi connectivity index (χ3v) is 4.18. The molecule has 0 bridgehead atoms. The van der Waals surface area contributed by atoms with Crippen molar-refractivity contribution in [2.75, 3.05) is 11.9 Å². The summed E-state index contributed by atoms with van der Waals surface area (Å²) in [6.45, 7) is 3.77. The molecule has 2 aromatic rings. The zero-order chi connectivity index (χ0) is 17.7.